The molecule has 0 atom stereocenters. The number of nitrogens with one attached hydrogen (secondary N) is 1. The van der Waals surface area contributed by atoms with Gasteiger partial charge in [0, 0.05) is 24.1 Å². The predicted molar refractivity (Wildman–Crippen MR) is 92.6 cm³/mol. The first-order chi connectivity index (χ1) is 9.90. The molecule has 110 valence electrons. The molecule has 0 radical (unpaired) electrons. The number of amides is 1. The number of hydrogen-bond acceptors (Lipinski definition) is 2. The number of carbonyl (C=O) groups excluding carboxylic acids is 1. The van der Waals surface area contributed by atoms with Crippen molar-refractivity contribution >= 4 is 44.8 Å². The SMILES string of the molecule is Cc1ccc(Br)cc1C(=O)Nc1cccc(Cl)c1N(C)C. The van der Waals surface area contributed by atoms with Crippen molar-refractivity contribution in [2.75, 3.05) is 24.3 Å². The fourth-order valence-electron chi connectivity index (χ4n) is 2.10. The van der Waals surface area contributed by atoms with Crippen LogP contribution in [0.1, 0.15) is 15.9 Å². The van der Waals surface area contributed by atoms with Crippen LogP contribution in [-0.2, 0) is 0 Å². The van der Waals surface area contributed by atoms with E-state index in [1.165, 1.54) is 0 Å². The molecular weight excluding hydrogens is 352 g/mol. The Morgan fingerprint density at radius 1 is 1.24 bits per heavy atom. The molecule has 0 aromatic heterocycles. The molecule has 0 heterocycles. The first kappa shape index (κ1) is 15.9. The molecule has 0 unspecified atom stereocenters. The van der Waals surface area contributed by atoms with Crippen LogP contribution in [-0.4, -0.2) is 20.0 Å². The number of halogens is 2. The van der Waals surface area contributed by atoms with Crippen LogP contribution in [0.2, 0.25) is 5.02 Å². The Labute approximate surface area is 138 Å². The maximum atomic E-state index is 12.5. The summed E-state index contributed by atoms with van der Waals surface area (Å²) in [4.78, 5) is 14.4. The Hall–Kier alpha value is -1.52. The van der Waals surface area contributed by atoms with Crippen molar-refractivity contribution in [3.05, 3.63) is 57.0 Å². The quantitative estimate of drug-likeness (QED) is 0.850. The zero-order chi connectivity index (χ0) is 15.6. The van der Waals surface area contributed by atoms with Gasteiger partial charge in [-0.15, -0.1) is 0 Å². The van der Waals surface area contributed by atoms with E-state index in [2.05, 4.69) is 21.2 Å². The van der Waals surface area contributed by atoms with Crippen LogP contribution in [0.3, 0.4) is 0 Å². The lowest BCUT2D eigenvalue weighted by atomic mass is 10.1. The minimum Gasteiger partial charge on any atom is -0.375 e. The molecule has 2 aromatic rings. The second-order valence-electron chi connectivity index (χ2n) is 4.94. The molecule has 1 N–H and O–H groups in total. The molecule has 5 heteroatoms. The van der Waals surface area contributed by atoms with Gasteiger partial charge in [-0.2, -0.15) is 0 Å². The van der Waals surface area contributed by atoms with Crippen molar-refractivity contribution in [3.8, 4) is 0 Å². The minimum absolute atomic E-state index is 0.154. The molecule has 0 aliphatic rings. The number of carbonyl (C=O) groups is 1. The Bertz CT molecular complexity index is 686. The molecule has 0 aliphatic heterocycles. The van der Waals surface area contributed by atoms with Crippen LogP contribution in [0.25, 0.3) is 0 Å². The second-order valence-corrected chi connectivity index (χ2v) is 6.27. The number of para-hydroxylation sites is 1. The summed E-state index contributed by atoms with van der Waals surface area (Å²) in [5.41, 5.74) is 3.04. The van der Waals surface area contributed by atoms with Crippen molar-refractivity contribution in [2.45, 2.75) is 6.92 Å². The maximum Gasteiger partial charge on any atom is 0.256 e. The highest BCUT2D eigenvalue weighted by Gasteiger charge is 2.14. The van der Waals surface area contributed by atoms with Gasteiger partial charge in [-0.3, -0.25) is 4.79 Å². The van der Waals surface area contributed by atoms with Crippen molar-refractivity contribution < 1.29 is 4.79 Å². The van der Waals surface area contributed by atoms with E-state index in [1.807, 2.05) is 56.3 Å². The maximum absolute atomic E-state index is 12.5. The Kier molecular flexibility index (Phi) is 4.91. The zero-order valence-electron chi connectivity index (χ0n) is 12.1. The summed E-state index contributed by atoms with van der Waals surface area (Å²) < 4.78 is 0.872. The van der Waals surface area contributed by atoms with Gasteiger partial charge in [-0.05, 0) is 36.8 Å². The summed E-state index contributed by atoms with van der Waals surface area (Å²) in [6.07, 6.45) is 0. The van der Waals surface area contributed by atoms with Gasteiger partial charge in [0.2, 0.25) is 0 Å². The van der Waals surface area contributed by atoms with Crippen LogP contribution in [0, 0.1) is 6.92 Å². The van der Waals surface area contributed by atoms with Gasteiger partial charge in [0.1, 0.15) is 0 Å². The van der Waals surface area contributed by atoms with Crippen LogP contribution in [0.4, 0.5) is 11.4 Å². The van der Waals surface area contributed by atoms with E-state index in [4.69, 9.17) is 11.6 Å². The Morgan fingerprint density at radius 3 is 2.62 bits per heavy atom. The van der Waals surface area contributed by atoms with Gasteiger partial charge < -0.3 is 10.2 Å². The highest BCUT2D eigenvalue weighted by atomic mass is 79.9. The summed E-state index contributed by atoms with van der Waals surface area (Å²) in [5, 5.41) is 3.53. The molecule has 0 aliphatic carbocycles. The van der Waals surface area contributed by atoms with E-state index in [1.54, 1.807) is 6.07 Å². The van der Waals surface area contributed by atoms with E-state index in [0.29, 0.717) is 16.3 Å². The van der Waals surface area contributed by atoms with Gasteiger partial charge in [-0.25, -0.2) is 0 Å². The average molecular weight is 368 g/mol. The molecule has 2 rings (SSSR count). The van der Waals surface area contributed by atoms with E-state index < -0.39 is 0 Å². The standard InChI is InChI=1S/C16H16BrClN2O/c1-10-7-8-11(17)9-12(10)16(21)19-14-6-4-5-13(18)15(14)20(2)3/h4-9H,1-3H3,(H,19,21). The molecule has 1 amide bonds. The molecule has 2 aromatic carbocycles. The number of hydrogen-bond donors (Lipinski definition) is 1. The number of anilines is 2. The molecule has 0 bridgehead atoms. The van der Waals surface area contributed by atoms with Crippen molar-refractivity contribution in [1.29, 1.82) is 0 Å². The molecule has 3 nitrogen and oxygen atoms in total. The third kappa shape index (κ3) is 3.57. The zero-order valence-corrected chi connectivity index (χ0v) is 14.4. The minimum atomic E-state index is -0.154. The predicted octanol–water partition coefficient (Wildman–Crippen LogP) is 4.73. The van der Waals surface area contributed by atoms with Gasteiger partial charge in [0.15, 0.2) is 0 Å². The lowest BCUT2D eigenvalue weighted by molar-refractivity contribution is 0.102. The first-order valence-electron chi connectivity index (χ1n) is 6.43. The van der Waals surface area contributed by atoms with E-state index in [9.17, 15) is 4.79 Å². The lowest BCUT2D eigenvalue weighted by Gasteiger charge is -2.19. The summed E-state index contributed by atoms with van der Waals surface area (Å²) in [6, 6.07) is 11.1. The molecule has 0 saturated heterocycles. The fraction of sp³-hybridized carbons (Fsp3) is 0.188. The topological polar surface area (TPSA) is 32.3 Å². The van der Waals surface area contributed by atoms with Crippen LogP contribution >= 0.6 is 27.5 Å². The van der Waals surface area contributed by atoms with Gasteiger partial charge >= 0.3 is 0 Å². The van der Waals surface area contributed by atoms with Gasteiger partial charge in [0.25, 0.3) is 5.91 Å². The highest BCUT2D eigenvalue weighted by Crippen LogP contribution is 2.33. The smallest absolute Gasteiger partial charge is 0.256 e. The van der Waals surface area contributed by atoms with Crippen molar-refractivity contribution in [3.63, 3.8) is 0 Å². The van der Waals surface area contributed by atoms with Gasteiger partial charge in [-0.1, -0.05) is 39.7 Å². The molecule has 21 heavy (non-hydrogen) atoms. The van der Waals surface area contributed by atoms with E-state index >= 15 is 0 Å². The average Bonchev–Trinajstić information content (AvgIpc) is 2.41. The van der Waals surface area contributed by atoms with E-state index in [0.717, 1.165) is 15.7 Å². The molecule has 0 fully saturated rings. The largest absolute Gasteiger partial charge is 0.375 e. The molecule has 0 spiro atoms. The third-order valence-electron chi connectivity index (χ3n) is 3.13. The van der Waals surface area contributed by atoms with Crippen LogP contribution < -0.4 is 10.2 Å². The molecular formula is C16H16BrClN2O. The molecule has 0 saturated carbocycles. The monoisotopic (exact) mass is 366 g/mol. The number of nitrogens with zero attached hydrogens (tertiary/aromatic N) is 1. The lowest BCUT2D eigenvalue weighted by Crippen LogP contribution is -2.17. The number of benzene rings is 2. The van der Waals surface area contributed by atoms with Gasteiger partial charge in [0.05, 0.1) is 16.4 Å². The van der Waals surface area contributed by atoms with Crippen molar-refractivity contribution in [1.82, 2.24) is 0 Å². The first-order valence-corrected chi connectivity index (χ1v) is 7.60. The fourth-order valence-corrected chi connectivity index (χ4v) is 2.80. The third-order valence-corrected chi connectivity index (χ3v) is 3.92. The normalized spacial score (nSPS) is 10.3. The summed E-state index contributed by atoms with van der Waals surface area (Å²) in [5.74, 6) is -0.154. The Morgan fingerprint density at radius 2 is 1.95 bits per heavy atom. The second kappa shape index (κ2) is 6.50. The summed E-state index contributed by atoms with van der Waals surface area (Å²) in [6.45, 7) is 1.91. The number of rotatable bonds is 3. The van der Waals surface area contributed by atoms with Crippen molar-refractivity contribution in [2.24, 2.45) is 0 Å². The van der Waals surface area contributed by atoms with Crippen LogP contribution in [0.5, 0.6) is 0 Å². The van der Waals surface area contributed by atoms with Crippen LogP contribution in [0.15, 0.2) is 40.9 Å². The number of aryl methyl sites for hydroxylation is 1. The summed E-state index contributed by atoms with van der Waals surface area (Å²) in [7, 11) is 3.78. The van der Waals surface area contributed by atoms with E-state index in [-0.39, 0.29) is 5.91 Å². The summed E-state index contributed by atoms with van der Waals surface area (Å²) >= 11 is 9.60. The highest BCUT2D eigenvalue weighted by molar-refractivity contribution is 9.10. The Balaban J connectivity index is 2.36.